The molecule has 3 heteroatoms. The summed E-state index contributed by atoms with van der Waals surface area (Å²) in [7, 11) is 1.71. The molecule has 1 aliphatic rings. The van der Waals surface area contributed by atoms with Gasteiger partial charge in [0.1, 0.15) is 5.75 Å². The van der Waals surface area contributed by atoms with Gasteiger partial charge >= 0.3 is 0 Å². The predicted molar refractivity (Wildman–Crippen MR) is 96.4 cm³/mol. The highest BCUT2D eigenvalue weighted by Crippen LogP contribution is 2.31. The molecular formula is C20H26N2O. The van der Waals surface area contributed by atoms with Gasteiger partial charge in [-0.25, -0.2) is 0 Å². The number of methoxy groups -OCH3 is 1. The van der Waals surface area contributed by atoms with Crippen molar-refractivity contribution in [3.05, 3.63) is 59.7 Å². The number of aryl methyl sites for hydroxylation is 1. The van der Waals surface area contributed by atoms with Gasteiger partial charge in [-0.3, -0.25) is 0 Å². The maximum absolute atomic E-state index is 6.34. The fourth-order valence-corrected chi connectivity index (χ4v) is 3.42. The van der Waals surface area contributed by atoms with Gasteiger partial charge in [0, 0.05) is 36.8 Å². The molecule has 0 aromatic heterocycles. The summed E-state index contributed by atoms with van der Waals surface area (Å²) in [6.45, 7) is 4.10. The minimum atomic E-state index is 0.200. The fourth-order valence-electron chi connectivity index (χ4n) is 3.42. The Morgan fingerprint density at radius 1 is 1.13 bits per heavy atom. The van der Waals surface area contributed by atoms with E-state index >= 15 is 0 Å². The third-order valence-electron chi connectivity index (χ3n) is 4.76. The largest absolute Gasteiger partial charge is 0.497 e. The zero-order valence-electron chi connectivity index (χ0n) is 14.0. The minimum absolute atomic E-state index is 0.200. The van der Waals surface area contributed by atoms with Gasteiger partial charge in [0.15, 0.2) is 0 Å². The second-order valence-corrected chi connectivity index (χ2v) is 6.39. The van der Waals surface area contributed by atoms with E-state index in [1.807, 2.05) is 12.1 Å². The summed E-state index contributed by atoms with van der Waals surface area (Å²) < 4.78 is 5.35. The van der Waals surface area contributed by atoms with Crippen molar-refractivity contribution in [2.45, 2.75) is 31.7 Å². The summed E-state index contributed by atoms with van der Waals surface area (Å²) in [4.78, 5) is 2.38. The van der Waals surface area contributed by atoms with E-state index in [-0.39, 0.29) is 6.04 Å². The molecule has 23 heavy (non-hydrogen) atoms. The molecule has 122 valence electrons. The van der Waals surface area contributed by atoms with Crippen LogP contribution < -0.4 is 15.4 Å². The van der Waals surface area contributed by atoms with Crippen LogP contribution in [0.25, 0.3) is 0 Å². The summed E-state index contributed by atoms with van der Waals surface area (Å²) in [5.74, 6) is 1.38. The van der Waals surface area contributed by atoms with Crippen LogP contribution in [-0.4, -0.2) is 26.2 Å². The lowest BCUT2D eigenvalue weighted by atomic mass is 9.87. The Morgan fingerprint density at radius 2 is 1.91 bits per heavy atom. The molecule has 1 saturated heterocycles. The second-order valence-electron chi connectivity index (χ2n) is 6.39. The number of ether oxygens (including phenoxy) is 1. The minimum Gasteiger partial charge on any atom is -0.497 e. The van der Waals surface area contributed by atoms with E-state index in [4.69, 9.17) is 10.5 Å². The Balaban J connectivity index is 1.80. The van der Waals surface area contributed by atoms with Crippen LogP contribution in [0.1, 0.15) is 30.4 Å². The predicted octanol–water partition coefficient (Wildman–Crippen LogP) is 3.58. The summed E-state index contributed by atoms with van der Waals surface area (Å²) in [5.41, 5.74) is 10.3. The Labute approximate surface area is 139 Å². The summed E-state index contributed by atoms with van der Waals surface area (Å²) >= 11 is 0. The van der Waals surface area contributed by atoms with E-state index in [0.29, 0.717) is 5.92 Å². The van der Waals surface area contributed by atoms with Crippen LogP contribution >= 0.6 is 0 Å². The van der Waals surface area contributed by atoms with Crippen LogP contribution in [0.3, 0.4) is 0 Å². The number of rotatable bonds is 4. The van der Waals surface area contributed by atoms with Crippen LogP contribution in [0.2, 0.25) is 0 Å². The molecule has 3 rings (SSSR count). The first kappa shape index (κ1) is 15.9. The summed E-state index contributed by atoms with van der Waals surface area (Å²) in [6, 6.07) is 17.5. The first-order valence-corrected chi connectivity index (χ1v) is 8.43. The van der Waals surface area contributed by atoms with Crippen molar-refractivity contribution in [1.82, 2.24) is 0 Å². The number of benzene rings is 2. The molecular weight excluding hydrogens is 284 g/mol. The summed E-state index contributed by atoms with van der Waals surface area (Å²) in [5, 5.41) is 0. The molecule has 3 nitrogen and oxygen atoms in total. The third kappa shape index (κ3) is 3.67. The Morgan fingerprint density at radius 3 is 2.61 bits per heavy atom. The normalized spacial score (nSPS) is 21.3. The molecule has 0 aliphatic carbocycles. The lowest BCUT2D eigenvalue weighted by molar-refractivity contribution is 0.413. The Kier molecular flexibility index (Phi) is 4.87. The first-order valence-electron chi connectivity index (χ1n) is 8.43. The number of hydrogen-bond donors (Lipinski definition) is 1. The molecule has 0 amide bonds. The quantitative estimate of drug-likeness (QED) is 0.938. The van der Waals surface area contributed by atoms with Crippen LogP contribution in [0.5, 0.6) is 5.75 Å². The smallest absolute Gasteiger partial charge is 0.120 e. The van der Waals surface area contributed by atoms with Gasteiger partial charge in [0.05, 0.1) is 7.11 Å². The SMILES string of the molecule is CCc1ccc(C2CC(N)CN(c3cccc(OC)c3)C2)cc1. The average molecular weight is 310 g/mol. The molecule has 0 spiro atoms. The molecule has 2 N–H and O–H groups in total. The van der Waals surface area contributed by atoms with Crippen LogP contribution in [0, 0.1) is 0 Å². The standard InChI is InChI=1S/C20H26N2O/c1-3-15-7-9-16(10-8-15)17-11-18(21)14-22(13-17)19-5-4-6-20(12-19)23-2/h4-10,12,17-18H,3,11,13-14,21H2,1-2H3. The molecule has 0 bridgehead atoms. The number of piperidine rings is 1. The van der Waals surface area contributed by atoms with Crippen LogP contribution in [0.15, 0.2) is 48.5 Å². The molecule has 2 aromatic carbocycles. The van der Waals surface area contributed by atoms with Crippen molar-refractivity contribution < 1.29 is 4.74 Å². The molecule has 0 radical (unpaired) electrons. The van der Waals surface area contributed by atoms with Crippen molar-refractivity contribution in [3.8, 4) is 5.75 Å². The topological polar surface area (TPSA) is 38.5 Å². The second kappa shape index (κ2) is 7.05. The fraction of sp³-hybridized carbons (Fsp3) is 0.400. The molecule has 2 unspecified atom stereocenters. The van der Waals surface area contributed by atoms with Crippen molar-refractivity contribution in [1.29, 1.82) is 0 Å². The monoisotopic (exact) mass is 310 g/mol. The van der Waals surface area contributed by atoms with Crippen molar-refractivity contribution in [3.63, 3.8) is 0 Å². The molecule has 2 aromatic rings. The van der Waals surface area contributed by atoms with E-state index in [0.717, 1.165) is 31.7 Å². The van der Waals surface area contributed by atoms with Gasteiger partial charge in [0.2, 0.25) is 0 Å². The van der Waals surface area contributed by atoms with E-state index in [9.17, 15) is 0 Å². The highest BCUT2D eigenvalue weighted by atomic mass is 16.5. The lowest BCUT2D eigenvalue weighted by Crippen LogP contribution is -2.46. The Hall–Kier alpha value is -2.00. The van der Waals surface area contributed by atoms with Crippen LogP contribution in [-0.2, 0) is 6.42 Å². The van der Waals surface area contributed by atoms with Gasteiger partial charge in [-0.2, -0.15) is 0 Å². The third-order valence-corrected chi connectivity index (χ3v) is 4.76. The number of nitrogens with two attached hydrogens (primary N) is 1. The average Bonchev–Trinajstić information content (AvgIpc) is 2.61. The molecule has 1 aliphatic heterocycles. The maximum Gasteiger partial charge on any atom is 0.120 e. The summed E-state index contributed by atoms with van der Waals surface area (Å²) in [6.07, 6.45) is 2.13. The zero-order valence-corrected chi connectivity index (χ0v) is 14.0. The number of anilines is 1. The lowest BCUT2D eigenvalue weighted by Gasteiger charge is -2.38. The zero-order chi connectivity index (χ0) is 16.2. The van der Waals surface area contributed by atoms with Gasteiger partial charge in [-0.15, -0.1) is 0 Å². The van der Waals surface area contributed by atoms with Crippen molar-refractivity contribution >= 4 is 5.69 Å². The highest BCUT2D eigenvalue weighted by molar-refractivity contribution is 5.52. The van der Waals surface area contributed by atoms with Gasteiger partial charge in [-0.05, 0) is 36.1 Å². The highest BCUT2D eigenvalue weighted by Gasteiger charge is 2.26. The van der Waals surface area contributed by atoms with Crippen molar-refractivity contribution in [2.24, 2.45) is 5.73 Å². The van der Waals surface area contributed by atoms with E-state index in [2.05, 4.69) is 48.2 Å². The van der Waals surface area contributed by atoms with E-state index in [1.54, 1.807) is 7.11 Å². The first-order chi connectivity index (χ1) is 11.2. The Bertz CT molecular complexity index is 638. The van der Waals surface area contributed by atoms with Crippen molar-refractivity contribution in [2.75, 3.05) is 25.1 Å². The molecule has 1 heterocycles. The van der Waals surface area contributed by atoms with Gasteiger partial charge in [-0.1, -0.05) is 37.3 Å². The van der Waals surface area contributed by atoms with E-state index < -0.39 is 0 Å². The molecule has 1 fully saturated rings. The van der Waals surface area contributed by atoms with Gasteiger partial charge < -0.3 is 15.4 Å². The van der Waals surface area contributed by atoms with E-state index in [1.165, 1.54) is 16.8 Å². The molecule has 2 atom stereocenters. The maximum atomic E-state index is 6.34. The number of nitrogens with zero attached hydrogens (tertiary/aromatic N) is 1. The van der Waals surface area contributed by atoms with Gasteiger partial charge in [0.25, 0.3) is 0 Å². The number of hydrogen-bond acceptors (Lipinski definition) is 3. The van der Waals surface area contributed by atoms with Crippen LogP contribution in [0.4, 0.5) is 5.69 Å². The molecule has 0 saturated carbocycles.